The topological polar surface area (TPSA) is 55.1 Å². The van der Waals surface area contributed by atoms with Gasteiger partial charge in [0, 0.05) is 10.6 Å². The average Bonchev–Trinajstić information content (AvgIpc) is 3.14. The maximum Gasteiger partial charge on any atom is 0.242 e. The SMILES string of the molecule is CC(NCC1CC1)(C(N)=O)c1cc(F)c(Cl)cc1Cl. The van der Waals surface area contributed by atoms with Gasteiger partial charge in [-0.25, -0.2) is 4.39 Å². The largest absolute Gasteiger partial charge is 0.368 e. The Hall–Kier alpha value is -0.840. The molecule has 0 heterocycles. The highest BCUT2D eigenvalue weighted by Crippen LogP contribution is 2.34. The smallest absolute Gasteiger partial charge is 0.242 e. The van der Waals surface area contributed by atoms with Gasteiger partial charge in [-0.05, 0) is 44.4 Å². The number of hydrogen-bond donors (Lipinski definition) is 2. The predicted molar refractivity (Wildman–Crippen MR) is 73.7 cm³/mol. The van der Waals surface area contributed by atoms with Crippen LogP contribution in [0.1, 0.15) is 25.3 Å². The second kappa shape index (κ2) is 5.27. The minimum Gasteiger partial charge on any atom is -0.368 e. The molecular formula is C13H15Cl2FN2O. The van der Waals surface area contributed by atoms with Gasteiger partial charge in [0.25, 0.3) is 0 Å². The van der Waals surface area contributed by atoms with E-state index in [2.05, 4.69) is 5.32 Å². The van der Waals surface area contributed by atoms with E-state index in [1.165, 1.54) is 6.07 Å². The highest BCUT2D eigenvalue weighted by atomic mass is 35.5. The van der Waals surface area contributed by atoms with Crippen LogP contribution >= 0.6 is 23.2 Å². The molecule has 0 spiro atoms. The van der Waals surface area contributed by atoms with Crippen molar-refractivity contribution in [3.63, 3.8) is 0 Å². The molecule has 19 heavy (non-hydrogen) atoms. The van der Waals surface area contributed by atoms with E-state index in [0.29, 0.717) is 18.0 Å². The van der Waals surface area contributed by atoms with Gasteiger partial charge in [0.15, 0.2) is 0 Å². The van der Waals surface area contributed by atoms with E-state index >= 15 is 0 Å². The summed E-state index contributed by atoms with van der Waals surface area (Å²) >= 11 is 11.7. The maximum absolute atomic E-state index is 13.6. The Morgan fingerprint density at radius 2 is 2.11 bits per heavy atom. The molecule has 1 unspecified atom stereocenters. The fourth-order valence-electron chi connectivity index (χ4n) is 1.89. The third-order valence-corrected chi connectivity index (χ3v) is 4.09. The lowest BCUT2D eigenvalue weighted by molar-refractivity contribution is -0.124. The number of carbonyl (C=O) groups is 1. The molecule has 1 aliphatic carbocycles. The Labute approximate surface area is 121 Å². The van der Waals surface area contributed by atoms with Crippen LogP contribution in [0.25, 0.3) is 0 Å². The van der Waals surface area contributed by atoms with Gasteiger partial charge in [0.2, 0.25) is 5.91 Å². The first-order valence-electron chi connectivity index (χ1n) is 6.04. The fourth-order valence-corrected chi connectivity index (χ4v) is 2.46. The first-order valence-corrected chi connectivity index (χ1v) is 6.80. The molecule has 1 aromatic carbocycles. The quantitative estimate of drug-likeness (QED) is 0.822. The molecule has 6 heteroatoms. The number of rotatable bonds is 5. The molecule has 1 saturated carbocycles. The van der Waals surface area contributed by atoms with Crippen molar-refractivity contribution < 1.29 is 9.18 Å². The van der Waals surface area contributed by atoms with Crippen molar-refractivity contribution in [3.8, 4) is 0 Å². The van der Waals surface area contributed by atoms with Gasteiger partial charge in [-0.2, -0.15) is 0 Å². The predicted octanol–water partition coefficient (Wildman–Crippen LogP) is 2.83. The van der Waals surface area contributed by atoms with E-state index in [9.17, 15) is 9.18 Å². The summed E-state index contributed by atoms with van der Waals surface area (Å²) in [5, 5.41) is 3.23. The maximum atomic E-state index is 13.6. The molecular weight excluding hydrogens is 290 g/mol. The summed E-state index contributed by atoms with van der Waals surface area (Å²) < 4.78 is 13.6. The number of amides is 1. The molecule has 1 fully saturated rings. The van der Waals surface area contributed by atoms with Crippen LogP contribution < -0.4 is 11.1 Å². The Morgan fingerprint density at radius 1 is 1.47 bits per heavy atom. The number of benzene rings is 1. The molecule has 0 aromatic heterocycles. The van der Waals surface area contributed by atoms with Crippen molar-refractivity contribution in [2.24, 2.45) is 11.7 Å². The zero-order chi connectivity index (χ0) is 14.2. The number of halogens is 3. The fraction of sp³-hybridized carbons (Fsp3) is 0.462. The van der Waals surface area contributed by atoms with Crippen molar-refractivity contribution in [2.45, 2.75) is 25.3 Å². The van der Waals surface area contributed by atoms with Crippen molar-refractivity contribution >= 4 is 29.1 Å². The van der Waals surface area contributed by atoms with Gasteiger partial charge < -0.3 is 5.73 Å². The highest BCUT2D eigenvalue weighted by molar-refractivity contribution is 6.35. The van der Waals surface area contributed by atoms with Gasteiger partial charge in [-0.15, -0.1) is 0 Å². The second-order valence-electron chi connectivity index (χ2n) is 5.06. The summed E-state index contributed by atoms with van der Waals surface area (Å²) in [6, 6.07) is 2.45. The number of nitrogens with one attached hydrogen (secondary N) is 1. The first-order chi connectivity index (χ1) is 8.84. The van der Waals surface area contributed by atoms with Gasteiger partial charge in [-0.1, -0.05) is 23.2 Å². The van der Waals surface area contributed by atoms with E-state index in [0.717, 1.165) is 18.9 Å². The highest BCUT2D eigenvalue weighted by Gasteiger charge is 2.37. The number of carbonyl (C=O) groups excluding carboxylic acids is 1. The van der Waals surface area contributed by atoms with Gasteiger partial charge in [-0.3, -0.25) is 10.1 Å². The van der Waals surface area contributed by atoms with Crippen LogP contribution in [0.3, 0.4) is 0 Å². The summed E-state index contributed by atoms with van der Waals surface area (Å²) in [7, 11) is 0. The summed E-state index contributed by atoms with van der Waals surface area (Å²) in [6.07, 6.45) is 2.26. The van der Waals surface area contributed by atoms with E-state index in [-0.39, 0.29) is 10.0 Å². The third-order valence-electron chi connectivity index (χ3n) is 3.48. The number of nitrogens with two attached hydrogens (primary N) is 1. The van der Waals surface area contributed by atoms with Crippen LogP contribution in [0.5, 0.6) is 0 Å². The molecule has 2 rings (SSSR count). The molecule has 3 N–H and O–H groups in total. The minimum atomic E-state index is -1.20. The monoisotopic (exact) mass is 304 g/mol. The standard InChI is InChI=1S/C13H15Cl2FN2O/c1-13(12(17)19,18-6-7-2-3-7)8-4-11(16)10(15)5-9(8)14/h4-5,7,18H,2-3,6H2,1H3,(H2,17,19). The van der Waals surface area contributed by atoms with Crippen molar-refractivity contribution in [1.29, 1.82) is 0 Å². The molecule has 0 radical (unpaired) electrons. The third kappa shape index (κ3) is 3.02. The van der Waals surface area contributed by atoms with Gasteiger partial charge in [0.05, 0.1) is 5.02 Å². The molecule has 1 atom stereocenters. The van der Waals surface area contributed by atoms with Crippen LogP contribution in [0.4, 0.5) is 4.39 Å². The summed E-state index contributed by atoms with van der Waals surface area (Å²) in [6.45, 7) is 2.26. The van der Waals surface area contributed by atoms with Crippen molar-refractivity contribution in [3.05, 3.63) is 33.6 Å². The Balaban J connectivity index is 2.36. The lowest BCUT2D eigenvalue weighted by atomic mass is 9.90. The van der Waals surface area contributed by atoms with Crippen LogP contribution in [0, 0.1) is 11.7 Å². The molecule has 1 aromatic rings. The number of hydrogen-bond acceptors (Lipinski definition) is 2. The zero-order valence-corrected chi connectivity index (χ0v) is 12.0. The molecule has 1 aliphatic rings. The van der Waals surface area contributed by atoms with Crippen LogP contribution in [-0.2, 0) is 10.3 Å². The van der Waals surface area contributed by atoms with Crippen LogP contribution in [0.2, 0.25) is 10.0 Å². The van der Waals surface area contributed by atoms with E-state index in [1.54, 1.807) is 6.92 Å². The van der Waals surface area contributed by atoms with Crippen LogP contribution in [0.15, 0.2) is 12.1 Å². The van der Waals surface area contributed by atoms with Gasteiger partial charge >= 0.3 is 0 Å². The normalized spacial score (nSPS) is 18.1. The molecule has 1 amide bonds. The van der Waals surface area contributed by atoms with Crippen molar-refractivity contribution in [1.82, 2.24) is 5.32 Å². The van der Waals surface area contributed by atoms with Gasteiger partial charge in [0.1, 0.15) is 11.4 Å². The zero-order valence-electron chi connectivity index (χ0n) is 10.5. The van der Waals surface area contributed by atoms with Crippen LogP contribution in [-0.4, -0.2) is 12.5 Å². The molecule has 3 nitrogen and oxygen atoms in total. The van der Waals surface area contributed by atoms with E-state index in [1.807, 2.05) is 0 Å². The lowest BCUT2D eigenvalue weighted by Gasteiger charge is -2.29. The summed E-state index contributed by atoms with van der Waals surface area (Å²) in [5.41, 5.74) is 4.56. The molecule has 0 saturated heterocycles. The van der Waals surface area contributed by atoms with E-state index < -0.39 is 17.3 Å². The lowest BCUT2D eigenvalue weighted by Crippen LogP contribution is -2.51. The first kappa shape index (κ1) is 14.6. The Kier molecular flexibility index (Phi) is 4.04. The minimum absolute atomic E-state index is 0.0808. The summed E-state index contributed by atoms with van der Waals surface area (Å²) in [5.74, 6) is -0.673. The number of primary amides is 1. The average molecular weight is 305 g/mol. The molecule has 0 aliphatic heterocycles. The molecule has 0 bridgehead atoms. The Bertz CT molecular complexity index is 520. The molecule has 104 valence electrons. The second-order valence-corrected chi connectivity index (χ2v) is 5.87. The van der Waals surface area contributed by atoms with Crippen molar-refractivity contribution in [2.75, 3.05) is 6.54 Å². The summed E-state index contributed by atoms with van der Waals surface area (Å²) in [4.78, 5) is 11.7. The Morgan fingerprint density at radius 3 is 2.63 bits per heavy atom. The van der Waals surface area contributed by atoms with E-state index in [4.69, 9.17) is 28.9 Å².